The van der Waals surface area contributed by atoms with Crippen LogP contribution < -0.4 is 10.1 Å². The lowest BCUT2D eigenvalue weighted by molar-refractivity contribution is -0.130. The number of amides is 1. The normalized spacial score (nSPS) is 25.5. The Labute approximate surface area is 126 Å². The lowest BCUT2D eigenvalue weighted by atomic mass is 10.1. The van der Waals surface area contributed by atoms with E-state index in [4.69, 9.17) is 4.74 Å². The average Bonchev–Trinajstić information content (AvgIpc) is 3.24. The van der Waals surface area contributed by atoms with Crippen molar-refractivity contribution in [1.29, 1.82) is 0 Å². The Kier molecular flexibility index (Phi) is 3.89. The first-order valence-electron chi connectivity index (χ1n) is 7.85. The number of carbonyl (C=O) groups excluding carboxylic acids is 1. The van der Waals surface area contributed by atoms with Gasteiger partial charge in [-0.3, -0.25) is 10.1 Å². The van der Waals surface area contributed by atoms with Crippen molar-refractivity contribution in [3.63, 3.8) is 0 Å². The van der Waals surface area contributed by atoms with E-state index in [1.807, 2.05) is 17.9 Å². The first-order chi connectivity index (χ1) is 10.1. The molecule has 4 heteroatoms. The Morgan fingerprint density at radius 3 is 2.71 bits per heavy atom. The molecule has 1 saturated heterocycles. The van der Waals surface area contributed by atoms with Gasteiger partial charge in [-0.15, -0.1) is 0 Å². The van der Waals surface area contributed by atoms with Crippen molar-refractivity contribution in [3.05, 3.63) is 29.3 Å². The molecule has 3 rings (SSSR count). The predicted molar refractivity (Wildman–Crippen MR) is 82.1 cm³/mol. The molecule has 2 atom stereocenters. The minimum absolute atomic E-state index is 0.00709. The van der Waals surface area contributed by atoms with Gasteiger partial charge >= 0.3 is 0 Å². The highest BCUT2D eigenvalue weighted by molar-refractivity contribution is 5.84. The Morgan fingerprint density at radius 1 is 1.38 bits per heavy atom. The maximum Gasteiger partial charge on any atom is 0.241 e. The van der Waals surface area contributed by atoms with Crippen LogP contribution in [0.1, 0.15) is 43.5 Å². The summed E-state index contributed by atoms with van der Waals surface area (Å²) in [5.74, 6) is 1.85. The standard InChI is InChI=1S/C17H24N2O2/c1-4-14-17(20)19(10-12-5-6-12)16(18-14)13-7-8-15(21-3)11(2)9-13/h7-9,12,14,16,18H,4-6,10H2,1-3H3. The minimum atomic E-state index is -0.0452. The second-order valence-electron chi connectivity index (χ2n) is 6.19. The Hall–Kier alpha value is -1.55. The van der Waals surface area contributed by atoms with E-state index < -0.39 is 0 Å². The van der Waals surface area contributed by atoms with Gasteiger partial charge in [-0.25, -0.2) is 0 Å². The molecule has 1 aromatic rings. The van der Waals surface area contributed by atoms with Crippen molar-refractivity contribution in [2.45, 2.75) is 45.3 Å². The quantitative estimate of drug-likeness (QED) is 0.905. The second kappa shape index (κ2) is 5.68. The molecule has 114 valence electrons. The van der Waals surface area contributed by atoms with Gasteiger partial charge in [-0.05, 0) is 55.4 Å². The van der Waals surface area contributed by atoms with Gasteiger partial charge in [0.1, 0.15) is 11.9 Å². The average molecular weight is 288 g/mol. The highest BCUT2D eigenvalue weighted by Gasteiger charge is 2.41. The van der Waals surface area contributed by atoms with Crippen LogP contribution in [-0.2, 0) is 4.79 Å². The van der Waals surface area contributed by atoms with E-state index >= 15 is 0 Å². The van der Waals surface area contributed by atoms with E-state index in [1.165, 1.54) is 12.8 Å². The molecule has 0 aromatic heterocycles. The van der Waals surface area contributed by atoms with Gasteiger partial charge in [0.05, 0.1) is 13.2 Å². The maximum atomic E-state index is 12.5. The first kappa shape index (κ1) is 14.4. The van der Waals surface area contributed by atoms with Gasteiger partial charge in [0.2, 0.25) is 5.91 Å². The van der Waals surface area contributed by atoms with Gasteiger partial charge in [0.25, 0.3) is 0 Å². The van der Waals surface area contributed by atoms with E-state index in [0.717, 1.165) is 29.8 Å². The summed E-state index contributed by atoms with van der Waals surface area (Å²) in [6, 6.07) is 6.14. The summed E-state index contributed by atoms with van der Waals surface area (Å²) in [4.78, 5) is 14.6. The molecule has 1 aliphatic heterocycles. The van der Waals surface area contributed by atoms with Crippen LogP contribution in [0.2, 0.25) is 0 Å². The van der Waals surface area contributed by atoms with E-state index in [1.54, 1.807) is 7.11 Å². The molecule has 1 N–H and O–H groups in total. The van der Waals surface area contributed by atoms with E-state index in [9.17, 15) is 4.79 Å². The van der Waals surface area contributed by atoms with Crippen molar-refractivity contribution in [2.75, 3.05) is 13.7 Å². The number of methoxy groups -OCH3 is 1. The third-order valence-corrected chi connectivity index (χ3v) is 4.55. The molecule has 2 aliphatic rings. The molecule has 2 fully saturated rings. The molecule has 1 heterocycles. The minimum Gasteiger partial charge on any atom is -0.496 e. The SMILES string of the molecule is CCC1NC(c2ccc(OC)c(C)c2)N(CC2CC2)C1=O. The monoisotopic (exact) mass is 288 g/mol. The molecular formula is C17H24N2O2. The molecule has 1 aromatic carbocycles. The fourth-order valence-electron chi connectivity index (χ4n) is 3.09. The highest BCUT2D eigenvalue weighted by atomic mass is 16.5. The number of rotatable bonds is 5. The molecule has 0 bridgehead atoms. The van der Waals surface area contributed by atoms with Gasteiger partial charge in [0, 0.05) is 6.54 Å². The van der Waals surface area contributed by atoms with Crippen molar-refractivity contribution in [3.8, 4) is 5.75 Å². The van der Waals surface area contributed by atoms with Crippen LogP contribution in [0.4, 0.5) is 0 Å². The van der Waals surface area contributed by atoms with Crippen molar-refractivity contribution in [2.24, 2.45) is 5.92 Å². The topological polar surface area (TPSA) is 41.6 Å². The molecule has 1 saturated carbocycles. The number of nitrogens with zero attached hydrogens (tertiary/aromatic N) is 1. The second-order valence-corrected chi connectivity index (χ2v) is 6.19. The molecule has 1 amide bonds. The molecule has 1 aliphatic carbocycles. The zero-order valence-electron chi connectivity index (χ0n) is 13.1. The van der Waals surface area contributed by atoms with Crippen molar-refractivity contribution < 1.29 is 9.53 Å². The molecule has 2 unspecified atom stereocenters. The van der Waals surface area contributed by atoms with Crippen LogP contribution in [0, 0.1) is 12.8 Å². The van der Waals surface area contributed by atoms with Crippen LogP contribution >= 0.6 is 0 Å². The summed E-state index contributed by atoms with van der Waals surface area (Å²) in [5, 5.41) is 3.49. The summed E-state index contributed by atoms with van der Waals surface area (Å²) in [6.45, 7) is 4.99. The zero-order valence-corrected chi connectivity index (χ0v) is 13.1. The predicted octanol–water partition coefficient (Wildman–Crippen LogP) is 2.62. The van der Waals surface area contributed by atoms with E-state index in [-0.39, 0.29) is 18.1 Å². The lowest BCUT2D eigenvalue weighted by Gasteiger charge is -2.25. The molecule has 0 spiro atoms. The van der Waals surface area contributed by atoms with Crippen molar-refractivity contribution >= 4 is 5.91 Å². The lowest BCUT2D eigenvalue weighted by Crippen LogP contribution is -2.32. The van der Waals surface area contributed by atoms with Crippen LogP contribution in [0.3, 0.4) is 0 Å². The Balaban J connectivity index is 1.86. The first-order valence-corrected chi connectivity index (χ1v) is 7.85. The van der Waals surface area contributed by atoms with Gasteiger partial charge in [-0.1, -0.05) is 13.0 Å². The van der Waals surface area contributed by atoms with Crippen LogP contribution in [0.25, 0.3) is 0 Å². The number of aryl methyl sites for hydroxylation is 1. The van der Waals surface area contributed by atoms with Gasteiger partial charge in [-0.2, -0.15) is 0 Å². The number of carbonyl (C=O) groups is 1. The maximum absolute atomic E-state index is 12.5. The summed E-state index contributed by atoms with van der Waals surface area (Å²) < 4.78 is 5.33. The fraction of sp³-hybridized carbons (Fsp3) is 0.588. The molecule has 21 heavy (non-hydrogen) atoms. The number of ether oxygens (including phenoxy) is 1. The summed E-state index contributed by atoms with van der Waals surface area (Å²) in [5.41, 5.74) is 2.26. The number of hydrogen-bond donors (Lipinski definition) is 1. The van der Waals surface area contributed by atoms with Gasteiger partial charge < -0.3 is 9.64 Å². The van der Waals surface area contributed by atoms with Crippen LogP contribution in [0.5, 0.6) is 5.75 Å². The van der Waals surface area contributed by atoms with E-state index in [2.05, 4.69) is 24.4 Å². The highest BCUT2D eigenvalue weighted by Crippen LogP contribution is 2.35. The summed E-state index contributed by atoms with van der Waals surface area (Å²) in [6.07, 6.45) is 3.36. The van der Waals surface area contributed by atoms with Crippen LogP contribution in [0.15, 0.2) is 18.2 Å². The number of nitrogens with one attached hydrogen (secondary N) is 1. The smallest absolute Gasteiger partial charge is 0.241 e. The Morgan fingerprint density at radius 2 is 2.14 bits per heavy atom. The summed E-state index contributed by atoms with van der Waals surface area (Å²) in [7, 11) is 1.69. The van der Waals surface area contributed by atoms with Crippen molar-refractivity contribution in [1.82, 2.24) is 10.2 Å². The zero-order chi connectivity index (χ0) is 15.0. The number of hydrogen-bond acceptors (Lipinski definition) is 3. The van der Waals surface area contributed by atoms with E-state index in [0.29, 0.717) is 5.92 Å². The largest absolute Gasteiger partial charge is 0.496 e. The summed E-state index contributed by atoms with van der Waals surface area (Å²) >= 11 is 0. The van der Waals surface area contributed by atoms with Gasteiger partial charge in [0.15, 0.2) is 0 Å². The molecule has 0 radical (unpaired) electrons. The molecular weight excluding hydrogens is 264 g/mol. The van der Waals surface area contributed by atoms with Crippen LogP contribution in [-0.4, -0.2) is 30.5 Å². The molecule has 4 nitrogen and oxygen atoms in total. The third kappa shape index (κ3) is 2.77. The number of benzene rings is 1. The third-order valence-electron chi connectivity index (χ3n) is 4.55. The Bertz CT molecular complexity index is 540. The fourth-order valence-corrected chi connectivity index (χ4v) is 3.09.